The molecule has 100 valence electrons. The molecule has 0 unspecified atom stereocenters. The van der Waals surface area contributed by atoms with Gasteiger partial charge in [-0.1, -0.05) is 61.7 Å². The second-order valence-electron chi connectivity index (χ2n) is 4.80. The third kappa shape index (κ3) is 6.61. The average molecular weight is 246 g/mol. The number of aliphatic hydroxyl groups excluding tert-OH is 1. The number of hydrogen-bond acceptors (Lipinski definition) is 1. The van der Waals surface area contributed by atoms with Crippen molar-refractivity contribution in [2.24, 2.45) is 0 Å². The van der Waals surface area contributed by atoms with Crippen LogP contribution in [0.5, 0.6) is 0 Å². The Labute approximate surface area is 112 Å². The molecule has 0 aliphatic heterocycles. The standard InChI is InChI=1S/C17H26O/c1-2-16(14-15-18)10-6-3-4-7-11-17-12-8-5-9-13-17/h5,8-9,12-14,18H,2-4,6-7,10-11,15H2,1H3. The van der Waals surface area contributed by atoms with Crippen molar-refractivity contribution in [2.45, 2.75) is 51.9 Å². The number of rotatable bonds is 9. The summed E-state index contributed by atoms with van der Waals surface area (Å²) in [5.74, 6) is 0. The molecule has 0 amide bonds. The quantitative estimate of drug-likeness (QED) is 0.502. The molecule has 0 heterocycles. The van der Waals surface area contributed by atoms with Gasteiger partial charge in [0.25, 0.3) is 0 Å². The zero-order chi connectivity index (χ0) is 13.1. The molecule has 1 nitrogen and oxygen atoms in total. The van der Waals surface area contributed by atoms with E-state index in [0.29, 0.717) is 0 Å². The van der Waals surface area contributed by atoms with Crippen LogP contribution in [0.25, 0.3) is 0 Å². The molecule has 0 atom stereocenters. The van der Waals surface area contributed by atoms with Gasteiger partial charge >= 0.3 is 0 Å². The summed E-state index contributed by atoms with van der Waals surface area (Å²) in [7, 11) is 0. The van der Waals surface area contributed by atoms with Crippen LogP contribution in [0.4, 0.5) is 0 Å². The summed E-state index contributed by atoms with van der Waals surface area (Å²) in [6.07, 6.45) is 10.6. The number of unbranched alkanes of at least 4 members (excludes halogenated alkanes) is 3. The van der Waals surface area contributed by atoms with Crippen molar-refractivity contribution in [1.82, 2.24) is 0 Å². The lowest BCUT2D eigenvalue weighted by molar-refractivity contribution is 0.341. The highest BCUT2D eigenvalue weighted by Gasteiger charge is 1.96. The molecule has 0 fully saturated rings. The molecule has 0 saturated heterocycles. The lowest BCUT2D eigenvalue weighted by atomic mass is 10.0. The Balaban J connectivity index is 2.04. The van der Waals surface area contributed by atoms with Crippen molar-refractivity contribution in [1.29, 1.82) is 0 Å². The Morgan fingerprint density at radius 3 is 2.44 bits per heavy atom. The fraction of sp³-hybridized carbons (Fsp3) is 0.529. The van der Waals surface area contributed by atoms with E-state index in [1.807, 2.05) is 6.08 Å². The highest BCUT2D eigenvalue weighted by Crippen LogP contribution is 2.14. The minimum atomic E-state index is 0.192. The van der Waals surface area contributed by atoms with Crippen LogP contribution in [0.3, 0.4) is 0 Å². The van der Waals surface area contributed by atoms with Gasteiger partial charge in [0.2, 0.25) is 0 Å². The van der Waals surface area contributed by atoms with Crippen LogP contribution in [-0.2, 0) is 6.42 Å². The number of allylic oxidation sites excluding steroid dienone is 1. The van der Waals surface area contributed by atoms with E-state index in [-0.39, 0.29) is 6.61 Å². The summed E-state index contributed by atoms with van der Waals surface area (Å²) in [4.78, 5) is 0. The molecule has 1 rings (SSSR count). The first-order valence-corrected chi connectivity index (χ1v) is 7.19. The molecular formula is C17H26O. The second-order valence-corrected chi connectivity index (χ2v) is 4.80. The molecule has 1 N–H and O–H groups in total. The summed E-state index contributed by atoms with van der Waals surface area (Å²) in [5.41, 5.74) is 2.85. The van der Waals surface area contributed by atoms with Gasteiger partial charge in [0.1, 0.15) is 0 Å². The Morgan fingerprint density at radius 1 is 1.06 bits per heavy atom. The smallest absolute Gasteiger partial charge is 0.0615 e. The molecule has 1 aromatic carbocycles. The van der Waals surface area contributed by atoms with Gasteiger partial charge in [-0.15, -0.1) is 0 Å². The van der Waals surface area contributed by atoms with Crippen LogP contribution >= 0.6 is 0 Å². The summed E-state index contributed by atoms with van der Waals surface area (Å²) in [5, 5.41) is 8.86. The first kappa shape index (κ1) is 15.0. The minimum Gasteiger partial charge on any atom is -0.392 e. The van der Waals surface area contributed by atoms with E-state index in [1.54, 1.807) is 0 Å². The van der Waals surface area contributed by atoms with Crippen LogP contribution in [0, 0.1) is 0 Å². The third-order valence-electron chi connectivity index (χ3n) is 3.39. The van der Waals surface area contributed by atoms with E-state index in [9.17, 15) is 0 Å². The summed E-state index contributed by atoms with van der Waals surface area (Å²) < 4.78 is 0. The Bertz CT molecular complexity index is 327. The Kier molecular flexibility index (Phi) is 8.24. The number of aliphatic hydroxyl groups is 1. The Morgan fingerprint density at radius 2 is 1.78 bits per heavy atom. The predicted octanol–water partition coefficient (Wildman–Crippen LogP) is 4.51. The molecule has 0 aliphatic rings. The molecule has 1 heteroatoms. The van der Waals surface area contributed by atoms with Crippen molar-refractivity contribution < 1.29 is 5.11 Å². The van der Waals surface area contributed by atoms with E-state index >= 15 is 0 Å². The van der Waals surface area contributed by atoms with Gasteiger partial charge in [-0.05, 0) is 37.7 Å². The molecule has 1 aromatic rings. The predicted molar refractivity (Wildman–Crippen MR) is 78.7 cm³/mol. The normalized spacial score (nSPS) is 11.8. The second kappa shape index (κ2) is 9.90. The third-order valence-corrected chi connectivity index (χ3v) is 3.39. The summed E-state index contributed by atoms with van der Waals surface area (Å²) in [6, 6.07) is 10.7. The molecule has 0 radical (unpaired) electrons. The van der Waals surface area contributed by atoms with Crippen molar-refractivity contribution in [3.8, 4) is 0 Å². The van der Waals surface area contributed by atoms with E-state index in [2.05, 4.69) is 37.3 Å². The van der Waals surface area contributed by atoms with Crippen LogP contribution in [0.1, 0.15) is 51.0 Å². The van der Waals surface area contributed by atoms with Crippen LogP contribution < -0.4 is 0 Å². The monoisotopic (exact) mass is 246 g/mol. The highest BCUT2D eigenvalue weighted by atomic mass is 16.2. The fourth-order valence-corrected chi connectivity index (χ4v) is 2.23. The van der Waals surface area contributed by atoms with Gasteiger partial charge < -0.3 is 5.11 Å². The number of benzene rings is 1. The minimum absolute atomic E-state index is 0.192. The molecule has 0 saturated carbocycles. The van der Waals surface area contributed by atoms with Crippen LogP contribution in [0.2, 0.25) is 0 Å². The maximum absolute atomic E-state index is 8.86. The SMILES string of the molecule is CCC(=CCO)CCCCCCc1ccccc1. The maximum atomic E-state index is 8.86. The van der Waals surface area contributed by atoms with Gasteiger partial charge in [0.15, 0.2) is 0 Å². The van der Waals surface area contributed by atoms with Crippen LogP contribution in [-0.4, -0.2) is 11.7 Å². The van der Waals surface area contributed by atoms with E-state index in [4.69, 9.17) is 5.11 Å². The van der Waals surface area contributed by atoms with E-state index < -0.39 is 0 Å². The van der Waals surface area contributed by atoms with Gasteiger partial charge in [0, 0.05) is 0 Å². The molecule has 18 heavy (non-hydrogen) atoms. The molecule has 0 spiro atoms. The summed E-state index contributed by atoms with van der Waals surface area (Å²) in [6.45, 7) is 2.36. The van der Waals surface area contributed by atoms with Crippen molar-refractivity contribution in [2.75, 3.05) is 6.61 Å². The highest BCUT2D eigenvalue weighted by molar-refractivity contribution is 5.14. The molecule has 0 aliphatic carbocycles. The zero-order valence-electron chi connectivity index (χ0n) is 11.6. The maximum Gasteiger partial charge on any atom is 0.0615 e. The van der Waals surface area contributed by atoms with Gasteiger partial charge in [-0.25, -0.2) is 0 Å². The zero-order valence-corrected chi connectivity index (χ0v) is 11.6. The fourth-order valence-electron chi connectivity index (χ4n) is 2.23. The van der Waals surface area contributed by atoms with Gasteiger partial charge in [-0.3, -0.25) is 0 Å². The lowest BCUT2D eigenvalue weighted by Gasteiger charge is -2.05. The van der Waals surface area contributed by atoms with Crippen molar-refractivity contribution >= 4 is 0 Å². The lowest BCUT2D eigenvalue weighted by Crippen LogP contribution is -1.88. The largest absolute Gasteiger partial charge is 0.392 e. The molecule has 0 bridgehead atoms. The van der Waals surface area contributed by atoms with E-state index in [1.165, 1.54) is 43.2 Å². The number of aryl methyl sites for hydroxylation is 1. The average Bonchev–Trinajstić information content (AvgIpc) is 2.42. The van der Waals surface area contributed by atoms with Gasteiger partial charge in [-0.2, -0.15) is 0 Å². The van der Waals surface area contributed by atoms with Crippen LogP contribution in [0.15, 0.2) is 42.0 Å². The van der Waals surface area contributed by atoms with Gasteiger partial charge in [0.05, 0.1) is 6.61 Å². The summed E-state index contributed by atoms with van der Waals surface area (Å²) >= 11 is 0. The first-order valence-electron chi connectivity index (χ1n) is 7.19. The topological polar surface area (TPSA) is 20.2 Å². The number of hydrogen-bond donors (Lipinski definition) is 1. The molecular weight excluding hydrogens is 220 g/mol. The Hall–Kier alpha value is -1.08. The first-order chi connectivity index (χ1) is 8.86. The van der Waals surface area contributed by atoms with E-state index in [0.717, 1.165) is 12.8 Å². The van der Waals surface area contributed by atoms with Crippen molar-refractivity contribution in [3.63, 3.8) is 0 Å². The van der Waals surface area contributed by atoms with Crippen molar-refractivity contribution in [3.05, 3.63) is 47.5 Å². The molecule has 0 aromatic heterocycles.